The third-order valence-electron chi connectivity index (χ3n) is 23.5. The Kier molecular flexibility index (Phi) is 10.9. The van der Waals surface area contributed by atoms with Gasteiger partial charge in [-0.05, 0) is 214 Å². The molecule has 0 unspecified atom stereocenters. The fraction of sp³-hybridized carbons (Fsp3) is 0.0947. The first kappa shape index (κ1) is 54.8. The summed E-state index contributed by atoms with van der Waals surface area (Å²) >= 11 is 0. The molecule has 0 saturated carbocycles. The molecule has 22 rings (SSSR count). The van der Waals surface area contributed by atoms with Gasteiger partial charge < -0.3 is 9.13 Å². The zero-order valence-electron chi connectivity index (χ0n) is 55.1. The van der Waals surface area contributed by atoms with Gasteiger partial charge in [0.2, 0.25) is 0 Å². The summed E-state index contributed by atoms with van der Waals surface area (Å²) < 4.78 is 5.13. The standard InChI is InChI=1S/C48H35N.C47H31N/c1-47(2)41-19-11-9-17-33(41)35-22-21-28(23-43(35)47)49-45-26-37-32-16-8-6-14-30(32)29-13-5-7-15-31(29)36(37)24-39(45)40-25-38-34-18-10-12-20-42(34)48(3,4)44(38)27-46(40)49;1-47(2)42-22-12-11-20-35(42)39-25-41-40-24-37-33-18-7-5-16-31(33)32-17-6-8-19-34(32)38(37)26-45(40)48(46(41)27-43(39)47)44-23-28-13-3-4-14-29(28)30-15-9-10-21-36(30)44/h5-27H,1-4H3;3-27H,1-2H3. The zero-order valence-corrected chi connectivity index (χ0v) is 55.1. The molecule has 456 valence electrons. The van der Waals surface area contributed by atoms with Crippen molar-refractivity contribution in [2.45, 2.75) is 57.8 Å². The van der Waals surface area contributed by atoms with Crippen LogP contribution in [0.15, 0.2) is 291 Å². The minimum atomic E-state index is -0.0933. The van der Waals surface area contributed by atoms with Crippen LogP contribution < -0.4 is 0 Å². The van der Waals surface area contributed by atoms with Gasteiger partial charge in [0.25, 0.3) is 0 Å². The Morgan fingerprint density at radius 1 is 0.186 bits per heavy atom. The highest BCUT2D eigenvalue weighted by molar-refractivity contribution is 6.31. The van der Waals surface area contributed by atoms with Crippen molar-refractivity contribution < 1.29 is 0 Å². The number of nitrogens with zero attached hydrogens (tertiary/aromatic N) is 2. The van der Waals surface area contributed by atoms with Crippen molar-refractivity contribution in [2.75, 3.05) is 0 Å². The predicted octanol–water partition coefficient (Wildman–Crippen LogP) is 25.7. The molecule has 0 aliphatic heterocycles. The fourth-order valence-electron chi connectivity index (χ4n) is 18.8. The van der Waals surface area contributed by atoms with Crippen LogP contribution in [0.5, 0.6) is 0 Å². The quantitative estimate of drug-likeness (QED) is 0.153. The van der Waals surface area contributed by atoms with Gasteiger partial charge in [-0.15, -0.1) is 0 Å². The van der Waals surface area contributed by atoms with Crippen LogP contribution in [0.25, 0.3) is 175 Å². The van der Waals surface area contributed by atoms with Crippen molar-refractivity contribution in [1.29, 1.82) is 0 Å². The van der Waals surface area contributed by atoms with Gasteiger partial charge in [-0.3, -0.25) is 0 Å². The molecule has 0 amide bonds. The van der Waals surface area contributed by atoms with Gasteiger partial charge in [0.15, 0.2) is 0 Å². The van der Waals surface area contributed by atoms with E-state index in [1.54, 1.807) is 0 Å². The minimum Gasteiger partial charge on any atom is -0.309 e. The molecule has 3 aliphatic carbocycles. The van der Waals surface area contributed by atoms with Crippen LogP contribution in [0.3, 0.4) is 0 Å². The van der Waals surface area contributed by atoms with Crippen LogP contribution in [0.1, 0.15) is 74.9 Å². The van der Waals surface area contributed by atoms with Gasteiger partial charge in [0.1, 0.15) is 0 Å². The Bertz CT molecular complexity index is 6780. The molecule has 0 radical (unpaired) electrons. The molecule has 0 atom stereocenters. The first-order valence-corrected chi connectivity index (χ1v) is 34.5. The molecule has 3 aliphatic rings. The smallest absolute Gasteiger partial charge is 0.0547 e. The minimum absolute atomic E-state index is 0.0760. The lowest BCUT2D eigenvalue weighted by Gasteiger charge is -2.23. The van der Waals surface area contributed by atoms with E-state index in [0.717, 1.165) is 0 Å². The first-order chi connectivity index (χ1) is 47.4. The second-order valence-electron chi connectivity index (χ2n) is 29.4. The van der Waals surface area contributed by atoms with Crippen molar-refractivity contribution in [3.63, 3.8) is 0 Å². The molecule has 0 spiro atoms. The Labute approximate surface area is 562 Å². The molecule has 2 heterocycles. The Balaban J connectivity index is 0.000000128. The molecular formula is C95H66N2. The van der Waals surface area contributed by atoms with E-state index >= 15 is 0 Å². The highest BCUT2D eigenvalue weighted by Gasteiger charge is 2.39. The Morgan fingerprint density at radius 2 is 0.485 bits per heavy atom. The summed E-state index contributed by atoms with van der Waals surface area (Å²) in [4.78, 5) is 0. The SMILES string of the molecule is CC1(C)c2ccccc2-c2cc3c4cc5c6ccccc6c6ccccc6c5cc4n(-c4cc5ccccc5c5ccccc45)c3cc21.CC1(C)c2ccccc2-c2ccc(-n3c4cc5c(cc4c4cc6c7ccccc7c7ccccc7c6cc43)-c3ccccc3C5(C)C)cc21. The summed E-state index contributed by atoms with van der Waals surface area (Å²) in [6.07, 6.45) is 0. The molecule has 0 bridgehead atoms. The predicted molar refractivity (Wildman–Crippen MR) is 414 cm³/mol. The fourth-order valence-corrected chi connectivity index (χ4v) is 18.8. The molecule has 2 heteroatoms. The van der Waals surface area contributed by atoms with Gasteiger partial charge in [0.05, 0.1) is 27.8 Å². The van der Waals surface area contributed by atoms with Crippen LogP contribution in [0.4, 0.5) is 0 Å². The lowest BCUT2D eigenvalue weighted by molar-refractivity contribution is 0.659. The van der Waals surface area contributed by atoms with E-state index in [0.29, 0.717) is 0 Å². The normalized spacial score (nSPS) is 14.5. The average Bonchev–Trinajstić information content (AvgIpc) is 1.57. The summed E-state index contributed by atoms with van der Waals surface area (Å²) in [5.41, 5.74) is 23.8. The van der Waals surface area contributed by atoms with E-state index < -0.39 is 0 Å². The Hall–Kier alpha value is -11.6. The van der Waals surface area contributed by atoms with E-state index in [-0.39, 0.29) is 16.2 Å². The summed E-state index contributed by atoms with van der Waals surface area (Å²) in [6.45, 7) is 14.3. The molecule has 2 aromatic heterocycles. The van der Waals surface area contributed by atoms with E-state index in [9.17, 15) is 0 Å². The van der Waals surface area contributed by atoms with Crippen molar-refractivity contribution >= 4 is 130 Å². The number of hydrogen-bond acceptors (Lipinski definition) is 0. The van der Waals surface area contributed by atoms with Crippen LogP contribution in [0.2, 0.25) is 0 Å². The van der Waals surface area contributed by atoms with Crippen LogP contribution in [-0.2, 0) is 16.2 Å². The number of rotatable bonds is 2. The molecule has 0 fully saturated rings. The van der Waals surface area contributed by atoms with Crippen LogP contribution >= 0.6 is 0 Å². The van der Waals surface area contributed by atoms with Crippen molar-refractivity contribution in [3.05, 3.63) is 325 Å². The third kappa shape index (κ3) is 7.29. The van der Waals surface area contributed by atoms with Crippen molar-refractivity contribution in [1.82, 2.24) is 9.13 Å². The van der Waals surface area contributed by atoms with Crippen LogP contribution in [0, 0.1) is 0 Å². The van der Waals surface area contributed by atoms with Crippen molar-refractivity contribution in [2.24, 2.45) is 0 Å². The van der Waals surface area contributed by atoms with Crippen LogP contribution in [-0.4, -0.2) is 9.13 Å². The Morgan fingerprint density at radius 3 is 0.938 bits per heavy atom. The van der Waals surface area contributed by atoms with E-state index in [4.69, 9.17) is 0 Å². The third-order valence-corrected chi connectivity index (χ3v) is 23.5. The maximum absolute atomic E-state index is 2.57. The molecule has 19 aromatic rings. The summed E-state index contributed by atoms with van der Waals surface area (Å²) in [5.74, 6) is 0. The highest BCUT2D eigenvalue weighted by Crippen LogP contribution is 2.56. The van der Waals surface area contributed by atoms with E-state index in [1.807, 2.05) is 0 Å². The molecular weight excluding hydrogens is 1170 g/mol. The largest absolute Gasteiger partial charge is 0.309 e. The molecule has 0 saturated heterocycles. The zero-order chi connectivity index (χ0) is 64.5. The molecule has 97 heavy (non-hydrogen) atoms. The number of fused-ring (bicyclic) bond motifs is 30. The first-order valence-electron chi connectivity index (χ1n) is 34.5. The molecule has 0 N–H and O–H groups in total. The summed E-state index contributed by atoms with van der Waals surface area (Å²) in [5, 5.41) is 26.0. The number of aromatic nitrogens is 2. The topological polar surface area (TPSA) is 9.86 Å². The van der Waals surface area contributed by atoms with Gasteiger partial charge in [0, 0.05) is 48.9 Å². The average molecular weight is 1240 g/mol. The lowest BCUT2D eigenvalue weighted by atomic mass is 9.82. The summed E-state index contributed by atoms with van der Waals surface area (Å²) in [7, 11) is 0. The highest BCUT2D eigenvalue weighted by atomic mass is 15.0. The molecule has 2 nitrogen and oxygen atoms in total. The maximum Gasteiger partial charge on any atom is 0.0547 e. The van der Waals surface area contributed by atoms with Gasteiger partial charge in [-0.2, -0.15) is 0 Å². The van der Waals surface area contributed by atoms with Crippen molar-refractivity contribution in [3.8, 4) is 44.8 Å². The van der Waals surface area contributed by atoms with Gasteiger partial charge >= 0.3 is 0 Å². The van der Waals surface area contributed by atoms with Gasteiger partial charge in [-0.25, -0.2) is 0 Å². The van der Waals surface area contributed by atoms with E-state index in [2.05, 4.69) is 342 Å². The van der Waals surface area contributed by atoms with E-state index in [1.165, 1.54) is 208 Å². The van der Waals surface area contributed by atoms with Gasteiger partial charge in [-0.1, -0.05) is 266 Å². The second-order valence-corrected chi connectivity index (χ2v) is 29.4. The number of benzene rings is 17. The number of hydrogen-bond donors (Lipinski definition) is 0. The monoisotopic (exact) mass is 1230 g/mol. The lowest BCUT2D eigenvalue weighted by Crippen LogP contribution is -2.15. The second kappa shape index (κ2) is 19.3. The maximum atomic E-state index is 2.57. The molecule has 17 aromatic carbocycles. The summed E-state index contributed by atoms with van der Waals surface area (Å²) in [6, 6.07) is 110.